The molecule has 1 aromatic heterocycles. The van der Waals surface area contributed by atoms with E-state index in [1.807, 2.05) is 78.9 Å². The first-order valence-corrected chi connectivity index (χ1v) is 11.7. The fraction of sp³-hybridized carbons (Fsp3) is 0. The zero-order valence-corrected chi connectivity index (χ0v) is 20.2. The highest BCUT2D eigenvalue weighted by molar-refractivity contribution is 9.10. The fourth-order valence-electron chi connectivity index (χ4n) is 3.67. The van der Waals surface area contributed by atoms with Crippen molar-refractivity contribution in [3.05, 3.63) is 122 Å². The minimum atomic E-state index is -0.122. The summed E-state index contributed by atoms with van der Waals surface area (Å²) < 4.78 is 6.94. The molecule has 1 aliphatic heterocycles. The minimum Gasteiger partial charge on any atom is -0.457 e. The Balaban J connectivity index is 1.53. The normalized spacial score (nSPS) is 14.8. The van der Waals surface area contributed by atoms with E-state index in [2.05, 4.69) is 15.9 Å². The van der Waals surface area contributed by atoms with Crippen LogP contribution in [0.3, 0.4) is 0 Å². The van der Waals surface area contributed by atoms with Crippen LogP contribution < -0.4 is 4.90 Å². The monoisotopic (exact) mass is 535 g/mol. The van der Waals surface area contributed by atoms with Crippen LogP contribution in [0.1, 0.15) is 11.3 Å². The Labute approximate surface area is 209 Å². The highest BCUT2D eigenvalue weighted by Crippen LogP contribution is 2.36. The third-order valence-corrected chi connectivity index (χ3v) is 6.53. The Hall–Kier alpha value is -3.05. The van der Waals surface area contributed by atoms with E-state index in [-0.39, 0.29) is 5.91 Å². The average molecular weight is 537 g/mol. The molecule has 0 radical (unpaired) electrons. The maximum atomic E-state index is 13.5. The third-order valence-electron chi connectivity index (χ3n) is 5.27. The highest BCUT2D eigenvalue weighted by atomic mass is 79.9. The van der Waals surface area contributed by atoms with Crippen LogP contribution in [0.4, 0.5) is 5.69 Å². The molecule has 4 aromatic rings. The van der Waals surface area contributed by atoms with Gasteiger partial charge < -0.3 is 4.42 Å². The molecule has 0 fully saturated rings. The zero-order chi connectivity index (χ0) is 22.9. The molecule has 3 nitrogen and oxygen atoms in total. The predicted octanol–water partition coefficient (Wildman–Crippen LogP) is 8.49. The van der Waals surface area contributed by atoms with Gasteiger partial charge in [0.2, 0.25) is 0 Å². The van der Waals surface area contributed by atoms with Crippen molar-refractivity contribution in [2.24, 2.45) is 0 Å². The molecule has 0 spiro atoms. The van der Waals surface area contributed by atoms with Crippen LogP contribution in [-0.2, 0) is 4.79 Å². The van der Waals surface area contributed by atoms with Crippen LogP contribution in [-0.4, -0.2) is 5.91 Å². The summed E-state index contributed by atoms with van der Waals surface area (Å²) in [6.45, 7) is 0. The summed E-state index contributed by atoms with van der Waals surface area (Å²) in [7, 11) is 0. The van der Waals surface area contributed by atoms with Crippen molar-refractivity contribution in [2.45, 2.75) is 0 Å². The lowest BCUT2D eigenvalue weighted by Gasteiger charge is -2.20. The third kappa shape index (κ3) is 4.42. The smallest absolute Gasteiger partial charge is 0.263 e. The lowest BCUT2D eigenvalue weighted by Crippen LogP contribution is -2.24. The van der Waals surface area contributed by atoms with Crippen LogP contribution in [0.15, 0.2) is 105 Å². The van der Waals surface area contributed by atoms with E-state index in [4.69, 9.17) is 27.6 Å². The summed E-state index contributed by atoms with van der Waals surface area (Å²) in [5, 5.41) is 0.939. The van der Waals surface area contributed by atoms with Crippen molar-refractivity contribution >= 4 is 62.5 Å². The maximum absolute atomic E-state index is 13.5. The highest BCUT2D eigenvalue weighted by Gasteiger charge is 2.30. The number of amides is 1. The van der Waals surface area contributed by atoms with Gasteiger partial charge in [0.1, 0.15) is 11.5 Å². The van der Waals surface area contributed by atoms with Crippen molar-refractivity contribution < 1.29 is 9.21 Å². The van der Waals surface area contributed by atoms with E-state index in [0.29, 0.717) is 27.1 Å². The molecule has 33 heavy (non-hydrogen) atoms. The van der Waals surface area contributed by atoms with Crippen molar-refractivity contribution in [1.29, 1.82) is 0 Å². The first kappa shape index (κ1) is 21.8. The number of carbonyl (C=O) groups excluding carboxylic acids is 1. The van der Waals surface area contributed by atoms with Gasteiger partial charge in [-0.1, -0.05) is 69.5 Å². The average Bonchev–Trinajstić information content (AvgIpc) is 3.42. The summed E-state index contributed by atoms with van der Waals surface area (Å²) in [6.07, 6.45) is 3.65. The molecular formula is C27H16BrCl2NO2. The van der Waals surface area contributed by atoms with Crippen molar-refractivity contribution in [3.8, 4) is 11.3 Å². The van der Waals surface area contributed by atoms with Crippen LogP contribution in [0.2, 0.25) is 10.0 Å². The van der Waals surface area contributed by atoms with Gasteiger partial charge in [-0.25, -0.2) is 0 Å². The van der Waals surface area contributed by atoms with Gasteiger partial charge in [-0.05, 0) is 72.3 Å². The molecular weight excluding hydrogens is 521 g/mol. The Kier molecular flexibility index (Phi) is 5.98. The molecule has 0 saturated heterocycles. The fourth-order valence-corrected chi connectivity index (χ4v) is 4.23. The number of carbonyl (C=O) groups is 1. The molecule has 0 bridgehead atoms. The molecule has 162 valence electrons. The van der Waals surface area contributed by atoms with Gasteiger partial charge in [-0.15, -0.1) is 0 Å². The van der Waals surface area contributed by atoms with Crippen molar-refractivity contribution in [3.63, 3.8) is 0 Å². The summed E-state index contributed by atoms with van der Waals surface area (Å²) in [5.41, 5.74) is 3.90. The van der Waals surface area contributed by atoms with E-state index in [9.17, 15) is 4.79 Å². The summed E-state index contributed by atoms with van der Waals surface area (Å²) in [6, 6.07) is 26.5. The quantitative estimate of drug-likeness (QED) is 0.245. The number of hydrogen-bond acceptors (Lipinski definition) is 2. The van der Waals surface area contributed by atoms with E-state index < -0.39 is 0 Å². The van der Waals surface area contributed by atoms with Crippen LogP contribution in [0.5, 0.6) is 0 Å². The van der Waals surface area contributed by atoms with Gasteiger partial charge >= 0.3 is 0 Å². The van der Waals surface area contributed by atoms with Gasteiger partial charge in [0.15, 0.2) is 0 Å². The molecule has 5 rings (SSSR count). The number of furan rings is 1. The molecule has 1 aliphatic rings. The first-order chi connectivity index (χ1) is 16.0. The second kappa shape index (κ2) is 9.06. The molecule has 0 atom stereocenters. The first-order valence-electron chi connectivity index (χ1n) is 10.1. The Morgan fingerprint density at radius 3 is 2.30 bits per heavy atom. The van der Waals surface area contributed by atoms with Crippen molar-refractivity contribution in [2.75, 3.05) is 4.90 Å². The molecule has 2 heterocycles. The second-order valence-corrected chi connectivity index (χ2v) is 9.17. The number of halogens is 3. The van der Waals surface area contributed by atoms with E-state index >= 15 is 0 Å². The largest absolute Gasteiger partial charge is 0.457 e. The van der Waals surface area contributed by atoms with Gasteiger partial charge in [0.25, 0.3) is 5.91 Å². The Bertz CT molecular complexity index is 1410. The number of benzene rings is 3. The second-order valence-electron chi connectivity index (χ2n) is 7.44. The summed E-state index contributed by atoms with van der Waals surface area (Å²) in [5.74, 6) is 1.09. The predicted molar refractivity (Wildman–Crippen MR) is 138 cm³/mol. The van der Waals surface area contributed by atoms with Gasteiger partial charge in [-0.3, -0.25) is 9.69 Å². The number of rotatable bonds is 4. The lowest BCUT2D eigenvalue weighted by atomic mass is 10.1. The van der Waals surface area contributed by atoms with E-state index in [0.717, 1.165) is 27.0 Å². The van der Waals surface area contributed by atoms with Gasteiger partial charge in [0.05, 0.1) is 15.7 Å². The molecule has 1 amide bonds. The minimum absolute atomic E-state index is 0.122. The Morgan fingerprint density at radius 1 is 0.818 bits per heavy atom. The van der Waals surface area contributed by atoms with Crippen LogP contribution in [0.25, 0.3) is 23.1 Å². The maximum Gasteiger partial charge on any atom is 0.263 e. The molecule has 0 unspecified atom stereocenters. The molecule has 0 aliphatic carbocycles. The van der Waals surface area contributed by atoms with Crippen molar-refractivity contribution in [1.82, 2.24) is 0 Å². The van der Waals surface area contributed by atoms with Gasteiger partial charge in [-0.2, -0.15) is 0 Å². The number of nitrogens with zero attached hydrogens (tertiary/aromatic N) is 1. The van der Waals surface area contributed by atoms with Crippen LogP contribution >= 0.6 is 39.1 Å². The number of hydrogen-bond donors (Lipinski definition) is 0. The zero-order valence-electron chi connectivity index (χ0n) is 17.1. The van der Waals surface area contributed by atoms with E-state index in [1.165, 1.54) is 0 Å². The Morgan fingerprint density at radius 2 is 1.58 bits per heavy atom. The SMILES string of the molecule is O=C1/C(=C/c2ccc(-c3ccc(Cl)c(Cl)c3)o2)C=C(c2ccccc2)N1c1ccc(Br)cc1. The number of anilines is 1. The molecule has 3 aromatic carbocycles. The standard InChI is InChI=1S/C27H16BrCl2NO2/c28-20-7-9-21(10-8-20)31-25(17-4-2-1-3-5-17)16-19(27(31)32)14-22-11-13-26(33-22)18-6-12-23(29)24(30)15-18/h1-16H/b19-14+. The molecule has 0 N–H and O–H groups in total. The van der Waals surface area contributed by atoms with Crippen LogP contribution in [0, 0.1) is 0 Å². The topological polar surface area (TPSA) is 33.5 Å². The molecule has 6 heteroatoms. The summed E-state index contributed by atoms with van der Waals surface area (Å²) in [4.78, 5) is 15.2. The molecule has 0 saturated carbocycles. The summed E-state index contributed by atoms with van der Waals surface area (Å²) >= 11 is 15.6. The van der Waals surface area contributed by atoms with E-state index in [1.54, 1.807) is 23.1 Å². The lowest BCUT2D eigenvalue weighted by molar-refractivity contribution is -0.113. The van der Waals surface area contributed by atoms with Gasteiger partial charge in [0, 0.05) is 21.3 Å².